The molecule has 0 saturated carbocycles. The lowest BCUT2D eigenvalue weighted by atomic mass is 10.1. The molecule has 1 aliphatic heterocycles. The predicted octanol–water partition coefficient (Wildman–Crippen LogP) is 1.83. The van der Waals surface area contributed by atoms with Crippen molar-refractivity contribution in [2.24, 2.45) is 0 Å². The van der Waals surface area contributed by atoms with Crippen LogP contribution < -0.4 is 0 Å². The summed E-state index contributed by atoms with van der Waals surface area (Å²) in [5.74, 6) is -0.897. The third kappa shape index (κ3) is 4.83. The second-order valence-corrected chi connectivity index (χ2v) is 6.21. The minimum Gasteiger partial charge on any atom is -0.456 e. The highest BCUT2D eigenvalue weighted by Gasteiger charge is 2.35. The van der Waals surface area contributed by atoms with E-state index in [0.29, 0.717) is 25.1 Å². The van der Waals surface area contributed by atoms with Crippen LogP contribution in [-0.4, -0.2) is 59.4 Å². The fourth-order valence-corrected chi connectivity index (χ4v) is 3.14. The summed E-state index contributed by atoms with van der Waals surface area (Å²) in [6, 6.07) is 8.54. The van der Waals surface area contributed by atoms with Gasteiger partial charge in [0.05, 0.1) is 12.1 Å². The molecule has 1 aromatic rings. The first kappa shape index (κ1) is 19.5. The number of amides is 2. The van der Waals surface area contributed by atoms with E-state index in [1.807, 2.05) is 25.1 Å². The van der Waals surface area contributed by atoms with Crippen molar-refractivity contribution in [3.8, 4) is 0 Å². The molecule has 0 aliphatic carbocycles. The largest absolute Gasteiger partial charge is 0.456 e. The standard InChI is InChI=1S/C20H23N2O4/c1-4-8-15(2)22(19(24)14-26-16(3)23)18-11-12-21(13-18)20(25)17-9-6-5-7-10-17/h1,5-10,15,18H,11-14H2,2-3H3/t4?,15-,18+/m0/s1. The Balaban J connectivity index is 2.11. The normalized spacial score (nSPS) is 17.2. The van der Waals surface area contributed by atoms with Gasteiger partial charge in [-0.15, -0.1) is 5.73 Å². The Morgan fingerprint density at radius 2 is 2.08 bits per heavy atom. The van der Waals surface area contributed by atoms with Crippen LogP contribution in [0.5, 0.6) is 0 Å². The van der Waals surface area contributed by atoms with Crippen molar-refractivity contribution in [2.75, 3.05) is 19.7 Å². The molecule has 0 unspecified atom stereocenters. The summed E-state index contributed by atoms with van der Waals surface area (Å²) in [5.41, 5.74) is 3.06. The van der Waals surface area contributed by atoms with Crippen molar-refractivity contribution in [1.29, 1.82) is 0 Å². The quantitative estimate of drug-likeness (QED) is 0.577. The van der Waals surface area contributed by atoms with Crippen LogP contribution >= 0.6 is 0 Å². The van der Waals surface area contributed by atoms with E-state index in [4.69, 9.17) is 11.3 Å². The number of hydrogen-bond acceptors (Lipinski definition) is 4. The number of nitrogens with zero attached hydrogens (tertiary/aromatic N) is 2. The topological polar surface area (TPSA) is 66.9 Å². The summed E-state index contributed by atoms with van der Waals surface area (Å²) in [6.07, 6.45) is 2.22. The summed E-state index contributed by atoms with van der Waals surface area (Å²) in [5, 5.41) is 0. The maximum Gasteiger partial charge on any atom is 0.303 e. The molecule has 0 bridgehead atoms. The fraction of sp³-hybridized carbons (Fsp3) is 0.400. The van der Waals surface area contributed by atoms with E-state index in [9.17, 15) is 14.4 Å². The van der Waals surface area contributed by atoms with Gasteiger partial charge in [-0.3, -0.25) is 14.4 Å². The number of benzene rings is 1. The third-order valence-corrected chi connectivity index (χ3v) is 4.33. The molecule has 1 radical (unpaired) electrons. The summed E-state index contributed by atoms with van der Waals surface area (Å²) in [4.78, 5) is 39.5. The van der Waals surface area contributed by atoms with Gasteiger partial charge in [0, 0.05) is 25.6 Å². The zero-order valence-electron chi connectivity index (χ0n) is 15.1. The Labute approximate surface area is 153 Å². The van der Waals surface area contributed by atoms with Gasteiger partial charge in [-0.2, -0.15) is 0 Å². The molecule has 1 aliphatic rings. The van der Waals surface area contributed by atoms with E-state index in [0.717, 1.165) is 0 Å². The van der Waals surface area contributed by atoms with E-state index < -0.39 is 5.97 Å². The first-order valence-electron chi connectivity index (χ1n) is 8.52. The summed E-state index contributed by atoms with van der Waals surface area (Å²) in [7, 11) is 0. The molecule has 0 N–H and O–H groups in total. The van der Waals surface area contributed by atoms with Gasteiger partial charge >= 0.3 is 5.97 Å². The zero-order chi connectivity index (χ0) is 19.1. The molecule has 2 atom stereocenters. The number of ether oxygens (including phenoxy) is 1. The molecule has 0 spiro atoms. The average molecular weight is 355 g/mol. The number of esters is 1. The molecule has 6 nitrogen and oxygen atoms in total. The zero-order valence-corrected chi connectivity index (χ0v) is 15.1. The van der Waals surface area contributed by atoms with Gasteiger partial charge in [-0.05, 0) is 38.1 Å². The molecule has 1 saturated heterocycles. The minimum atomic E-state index is -0.515. The highest BCUT2D eigenvalue weighted by atomic mass is 16.5. The van der Waals surface area contributed by atoms with E-state index >= 15 is 0 Å². The van der Waals surface area contributed by atoms with E-state index in [1.165, 1.54) is 6.92 Å². The van der Waals surface area contributed by atoms with Gasteiger partial charge in [-0.25, -0.2) is 0 Å². The predicted molar refractivity (Wildman–Crippen MR) is 96.1 cm³/mol. The Morgan fingerprint density at radius 3 is 2.69 bits per heavy atom. The lowest BCUT2D eigenvalue weighted by molar-refractivity contribution is -0.151. The molecule has 137 valence electrons. The molecular formula is C20H23N2O4. The molecule has 2 rings (SSSR count). The number of rotatable bonds is 6. The summed E-state index contributed by atoms with van der Waals surface area (Å²) < 4.78 is 4.84. The van der Waals surface area contributed by atoms with E-state index in [1.54, 1.807) is 28.0 Å². The highest BCUT2D eigenvalue weighted by molar-refractivity contribution is 5.94. The highest BCUT2D eigenvalue weighted by Crippen LogP contribution is 2.21. The second-order valence-electron chi connectivity index (χ2n) is 6.21. The lowest BCUT2D eigenvalue weighted by Crippen LogP contribution is -2.48. The van der Waals surface area contributed by atoms with Crippen LogP contribution in [0.2, 0.25) is 0 Å². The molecule has 1 heterocycles. The van der Waals surface area contributed by atoms with Crippen LogP contribution in [0.15, 0.2) is 42.1 Å². The van der Waals surface area contributed by atoms with Gasteiger partial charge in [0.25, 0.3) is 11.8 Å². The fourth-order valence-electron chi connectivity index (χ4n) is 3.14. The molecule has 1 fully saturated rings. The Kier molecular flexibility index (Phi) is 6.75. The monoisotopic (exact) mass is 355 g/mol. The molecule has 26 heavy (non-hydrogen) atoms. The van der Waals surface area contributed by atoms with Gasteiger partial charge in [0.1, 0.15) is 0 Å². The van der Waals surface area contributed by atoms with Crippen molar-refractivity contribution in [2.45, 2.75) is 32.4 Å². The Hall–Kier alpha value is -2.85. The number of carbonyl (C=O) groups is 3. The van der Waals surface area contributed by atoms with Crippen molar-refractivity contribution in [3.63, 3.8) is 0 Å². The maximum atomic E-state index is 12.6. The van der Waals surface area contributed by atoms with Crippen LogP contribution in [0, 0.1) is 6.58 Å². The maximum absolute atomic E-state index is 12.6. The van der Waals surface area contributed by atoms with Crippen molar-refractivity contribution < 1.29 is 19.1 Å². The first-order valence-corrected chi connectivity index (χ1v) is 8.52. The molecular weight excluding hydrogens is 332 g/mol. The average Bonchev–Trinajstić information content (AvgIpc) is 3.10. The second kappa shape index (κ2) is 9.02. The molecule has 2 amide bonds. The van der Waals surface area contributed by atoms with Gasteiger partial charge in [-0.1, -0.05) is 18.2 Å². The van der Waals surface area contributed by atoms with Crippen LogP contribution in [0.1, 0.15) is 30.6 Å². The van der Waals surface area contributed by atoms with Gasteiger partial charge < -0.3 is 14.5 Å². The minimum absolute atomic E-state index is 0.0610. The lowest BCUT2D eigenvalue weighted by Gasteiger charge is -2.32. The number of hydrogen-bond donors (Lipinski definition) is 0. The van der Waals surface area contributed by atoms with Gasteiger partial charge in [0.2, 0.25) is 0 Å². The van der Waals surface area contributed by atoms with Crippen molar-refractivity contribution >= 4 is 17.8 Å². The third-order valence-electron chi connectivity index (χ3n) is 4.33. The Morgan fingerprint density at radius 1 is 1.38 bits per heavy atom. The van der Waals surface area contributed by atoms with Crippen LogP contribution in [0.25, 0.3) is 0 Å². The van der Waals surface area contributed by atoms with Crippen LogP contribution in [-0.2, 0) is 14.3 Å². The van der Waals surface area contributed by atoms with Crippen molar-refractivity contribution in [1.82, 2.24) is 9.80 Å². The molecule has 6 heteroatoms. The summed E-state index contributed by atoms with van der Waals surface area (Å²) in [6.45, 7) is 9.05. The number of likely N-dealkylation sites (tertiary alicyclic amines) is 1. The SMILES string of the molecule is [CH]=C=C[C@H](C)N(C(=O)COC(C)=O)[C@@H]1CCN(C(=O)c2ccccc2)C1. The first-order chi connectivity index (χ1) is 12.4. The smallest absolute Gasteiger partial charge is 0.303 e. The van der Waals surface area contributed by atoms with Crippen LogP contribution in [0.4, 0.5) is 0 Å². The van der Waals surface area contributed by atoms with Crippen LogP contribution in [0.3, 0.4) is 0 Å². The molecule has 0 aromatic heterocycles. The Bertz CT molecular complexity index is 710. The molecule has 1 aromatic carbocycles. The van der Waals surface area contributed by atoms with Gasteiger partial charge in [0.15, 0.2) is 6.61 Å². The van der Waals surface area contributed by atoms with E-state index in [-0.39, 0.29) is 30.5 Å². The van der Waals surface area contributed by atoms with E-state index in [2.05, 4.69) is 5.73 Å². The number of carbonyl (C=O) groups excluding carboxylic acids is 3. The van der Waals surface area contributed by atoms with Crippen molar-refractivity contribution in [3.05, 3.63) is 54.3 Å². The summed E-state index contributed by atoms with van der Waals surface area (Å²) >= 11 is 0.